The first-order valence-corrected chi connectivity index (χ1v) is 11.1. The molecule has 4 heterocycles. The molecule has 5 rings (SSSR count). The first-order valence-electron chi connectivity index (χ1n) is 10.2. The van der Waals surface area contributed by atoms with Crippen molar-refractivity contribution in [3.8, 4) is 10.4 Å². The minimum Gasteiger partial charge on any atom is -0.459 e. The molecule has 4 aromatic rings. The zero-order chi connectivity index (χ0) is 21.4. The number of fused-ring (bicyclic) bond motifs is 1. The van der Waals surface area contributed by atoms with Crippen LogP contribution in [-0.4, -0.2) is 52.8 Å². The van der Waals surface area contributed by atoms with Gasteiger partial charge < -0.3 is 14.2 Å². The lowest BCUT2D eigenvalue weighted by molar-refractivity contribution is 0.0519. The lowest BCUT2D eigenvalue weighted by Gasteiger charge is -2.34. The molecule has 1 aromatic carbocycles. The molecular formula is C24H21N3O3S. The summed E-state index contributed by atoms with van der Waals surface area (Å²) < 4.78 is 5.22. The second kappa shape index (κ2) is 8.00. The van der Waals surface area contributed by atoms with Crippen LogP contribution >= 0.6 is 11.3 Å². The Balaban J connectivity index is 1.42. The molecule has 0 atom stereocenters. The van der Waals surface area contributed by atoms with E-state index < -0.39 is 0 Å². The van der Waals surface area contributed by atoms with Crippen LogP contribution in [0, 0.1) is 6.92 Å². The van der Waals surface area contributed by atoms with Gasteiger partial charge in [0, 0.05) is 47.7 Å². The highest BCUT2D eigenvalue weighted by Gasteiger charge is 2.27. The van der Waals surface area contributed by atoms with E-state index in [1.807, 2.05) is 47.5 Å². The van der Waals surface area contributed by atoms with Gasteiger partial charge in [0.25, 0.3) is 11.8 Å². The third-order valence-corrected chi connectivity index (χ3v) is 6.47. The van der Waals surface area contributed by atoms with E-state index in [0.717, 1.165) is 27.0 Å². The average Bonchev–Trinajstić information content (AvgIpc) is 3.52. The Kier molecular flexibility index (Phi) is 5.03. The Hall–Kier alpha value is -3.45. The van der Waals surface area contributed by atoms with Crippen molar-refractivity contribution in [2.45, 2.75) is 6.92 Å². The number of amides is 2. The predicted octanol–water partition coefficient (Wildman–Crippen LogP) is 4.46. The van der Waals surface area contributed by atoms with Gasteiger partial charge in [-0.15, -0.1) is 11.3 Å². The van der Waals surface area contributed by atoms with Crippen LogP contribution in [0.25, 0.3) is 21.3 Å². The van der Waals surface area contributed by atoms with E-state index in [1.54, 1.807) is 28.4 Å². The fraction of sp³-hybridized carbons (Fsp3) is 0.208. The Morgan fingerprint density at radius 2 is 1.74 bits per heavy atom. The molecule has 6 nitrogen and oxygen atoms in total. The topological polar surface area (TPSA) is 66.7 Å². The van der Waals surface area contributed by atoms with Crippen molar-refractivity contribution >= 4 is 34.1 Å². The van der Waals surface area contributed by atoms with E-state index in [-0.39, 0.29) is 11.8 Å². The molecule has 156 valence electrons. The number of thiophene rings is 1. The number of furan rings is 1. The Morgan fingerprint density at radius 1 is 0.968 bits per heavy atom. The van der Waals surface area contributed by atoms with Crippen molar-refractivity contribution < 1.29 is 14.0 Å². The van der Waals surface area contributed by atoms with Gasteiger partial charge in [0.2, 0.25) is 0 Å². The number of pyridine rings is 1. The summed E-state index contributed by atoms with van der Waals surface area (Å²) in [5, 5.41) is 2.90. The van der Waals surface area contributed by atoms with Gasteiger partial charge in [-0.1, -0.05) is 24.3 Å². The third kappa shape index (κ3) is 3.61. The molecular weight excluding hydrogens is 410 g/mol. The first-order chi connectivity index (χ1) is 15.1. The SMILES string of the molecule is Cc1cc(C(=O)N2CCN(C(=O)c3ccco3)CC2)c2cccc(-c3cccs3)c2n1. The second-order valence-corrected chi connectivity index (χ2v) is 8.50. The highest BCUT2D eigenvalue weighted by Crippen LogP contribution is 2.32. The number of hydrogen-bond acceptors (Lipinski definition) is 5. The highest BCUT2D eigenvalue weighted by atomic mass is 32.1. The lowest BCUT2D eigenvalue weighted by atomic mass is 10.0. The van der Waals surface area contributed by atoms with E-state index in [2.05, 4.69) is 6.07 Å². The number of benzene rings is 1. The standard InChI is InChI=1S/C24H21N3O3S/c1-16-15-19(17-5-2-6-18(22(17)25-16)21-8-4-14-31-21)23(28)26-9-11-27(12-10-26)24(29)20-7-3-13-30-20/h2-8,13-15H,9-12H2,1H3. The largest absolute Gasteiger partial charge is 0.459 e. The summed E-state index contributed by atoms with van der Waals surface area (Å²) in [5.74, 6) is 0.170. The number of aryl methyl sites for hydroxylation is 1. The Bertz CT molecular complexity index is 1240. The summed E-state index contributed by atoms with van der Waals surface area (Å²) in [5.41, 5.74) is 3.36. The Labute approximate surface area is 183 Å². The molecule has 31 heavy (non-hydrogen) atoms. The molecule has 0 N–H and O–H groups in total. The van der Waals surface area contributed by atoms with Crippen molar-refractivity contribution in [2.24, 2.45) is 0 Å². The van der Waals surface area contributed by atoms with E-state index >= 15 is 0 Å². The van der Waals surface area contributed by atoms with Crippen molar-refractivity contribution in [2.75, 3.05) is 26.2 Å². The zero-order valence-electron chi connectivity index (χ0n) is 17.1. The molecule has 1 fully saturated rings. The maximum absolute atomic E-state index is 13.4. The molecule has 1 saturated heterocycles. The van der Waals surface area contributed by atoms with Crippen LogP contribution in [0.1, 0.15) is 26.6 Å². The predicted molar refractivity (Wildman–Crippen MR) is 120 cm³/mol. The molecule has 0 bridgehead atoms. The van der Waals surface area contributed by atoms with Crippen molar-refractivity contribution in [1.29, 1.82) is 0 Å². The zero-order valence-corrected chi connectivity index (χ0v) is 17.9. The third-order valence-electron chi connectivity index (χ3n) is 5.57. The number of para-hydroxylation sites is 1. The number of rotatable bonds is 3. The molecule has 0 radical (unpaired) electrons. The number of carbonyl (C=O) groups is 2. The van der Waals surface area contributed by atoms with Crippen LogP contribution < -0.4 is 0 Å². The summed E-state index contributed by atoms with van der Waals surface area (Å²) in [4.78, 5) is 35.4. The average molecular weight is 432 g/mol. The van der Waals surface area contributed by atoms with Crippen LogP contribution in [0.2, 0.25) is 0 Å². The molecule has 2 amide bonds. The maximum atomic E-state index is 13.4. The molecule has 1 aliphatic rings. The summed E-state index contributed by atoms with van der Waals surface area (Å²) in [6.07, 6.45) is 1.49. The molecule has 1 aliphatic heterocycles. The van der Waals surface area contributed by atoms with E-state index in [1.165, 1.54) is 6.26 Å². The minimum atomic E-state index is -0.136. The molecule has 0 spiro atoms. The summed E-state index contributed by atoms with van der Waals surface area (Å²) >= 11 is 1.66. The molecule has 0 aliphatic carbocycles. The van der Waals surface area contributed by atoms with Gasteiger partial charge in [-0.3, -0.25) is 14.6 Å². The monoisotopic (exact) mass is 431 g/mol. The van der Waals surface area contributed by atoms with Crippen LogP contribution in [0.3, 0.4) is 0 Å². The molecule has 7 heteroatoms. The minimum absolute atomic E-state index is 0.0241. The number of aromatic nitrogens is 1. The Morgan fingerprint density at radius 3 is 2.42 bits per heavy atom. The summed E-state index contributed by atoms with van der Waals surface area (Å²) in [6.45, 7) is 3.85. The number of carbonyl (C=O) groups excluding carboxylic acids is 2. The maximum Gasteiger partial charge on any atom is 0.289 e. The van der Waals surface area contributed by atoms with Gasteiger partial charge in [0.1, 0.15) is 0 Å². The smallest absolute Gasteiger partial charge is 0.289 e. The van der Waals surface area contributed by atoms with Gasteiger partial charge in [-0.05, 0) is 36.6 Å². The van der Waals surface area contributed by atoms with Crippen LogP contribution in [-0.2, 0) is 0 Å². The number of hydrogen-bond donors (Lipinski definition) is 0. The summed E-state index contributed by atoms with van der Waals surface area (Å²) in [7, 11) is 0. The lowest BCUT2D eigenvalue weighted by Crippen LogP contribution is -2.50. The normalized spacial score (nSPS) is 14.2. The van der Waals surface area contributed by atoms with Gasteiger partial charge in [0.15, 0.2) is 5.76 Å². The number of piperazine rings is 1. The fourth-order valence-corrected chi connectivity index (χ4v) is 4.78. The second-order valence-electron chi connectivity index (χ2n) is 7.55. The molecule has 0 unspecified atom stereocenters. The van der Waals surface area contributed by atoms with Crippen molar-refractivity contribution in [3.05, 3.63) is 77.2 Å². The molecule has 0 saturated carbocycles. The summed E-state index contributed by atoms with van der Waals surface area (Å²) in [6, 6.07) is 15.3. The van der Waals surface area contributed by atoms with Gasteiger partial charge in [-0.25, -0.2) is 0 Å². The number of nitrogens with zero attached hydrogens (tertiary/aromatic N) is 3. The van der Waals surface area contributed by atoms with Crippen LogP contribution in [0.5, 0.6) is 0 Å². The van der Waals surface area contributed by atoms with Crippen molar-refractivity contribution in [3.63, 3.8) is 0 Å². The van der Waals surface area contributed by atoms with E-state index in [9.17, 15) is 9.59 Å². The van der Waals surface area contributed by atoms with Crippen LogP contribution in [0.4, 0.5) is 0 Å². The van der Waals surface area contributed by atoms with Gasteiger partial charge >= 0.3 is 0 Å². The van der Waals surface area contributed by atoms with Crippen molar-refractivity contribution in [1.82, 2.24) is 14.8 Å². The molecule has 3 aromatic heterocycles. The quantitative estimate of drug-likeness (QED) is 0.480. The van der Waals surface area contributed by atoms with E-state index in [4.69, 9.17) is 9.40 Å². The first kappa shape index (κ1) is 19.5. The van der Waals surface area contributed by atoms with Crippen LogP contribution in [0.15, 0.2) is 64.6 Å². The van der Waals surface area contributed by atoms with Gasteiger partial charge in [-0.2, -0.15) is 0 Å². The highest BCUT2D eigenvalue weighted by molar-refractivity contribution is 7.13. The fourth-order valence-electron chi connectivity index (χ4n) is 4.02. The van der Waals surface area contributed by atoms with E-state index in [0.29, 0.717) is 37.5 Å². The van der Waals surface area contributed by atoms with Gasteiger partial charge in [0.05, 0.1) is 17.3 Å².